The molecule has 9 rings (SSSR count). The van der Waals surface area contributed by atoms with Crippen molar-refractivity contribution in [1.82, 2.24) is 19.8 Å². The zero-order valence-corrected chi connectivity index (χ0v) is 39.5. The van der Waals surface area contributed by atoms with Crippen molar-refractivity contribution in [3.8, 4) is 0 Å². The number of aromatic amines is 1. The van der Waals surface area contributed by atoms with Gasteiger partial charge < -0.3 is 0 Å². The molecule has 1 N–H and O–H groups in total. The topological polar surface area (TPSA) is 177 Å². The number of aromatic nitrogens is 4. The lowest BCUT2D eigenvalue weighted by atomic mass is 10.0. The van der Waals surface area contributed by atoms with Crippen LogP contribution in [0.3, 0.4) is 0 Å². The SMILES string of the molecule is CC(=O)C1=CN=[N+]2C=C(Cl)C=CC12.O=C(CBr)C1=CN=[N+]2C=C(Cl)C=CC12.O=C(CBr)c1ccn[nH]1.O=C(CBr)c1cnn2ccccc12.O=C(CCl)C1=CN=[N+]2C=CC=CC12. The second kappa shape index (κ2) is 23.5. The van der Waals surface area contributed by atoms with E-state index in [2.05, 4.69) is 78.4 Å². The van der Waals surface area contributed by atoms with Gasteiger partial charge in [0.15, 0.2) is 35.1 Å². The molecule has 0 fully saturated rings. The Bertz CT molecular complexity index is 2640. The Labute approximate surface area is 395 Å². The van der Waals surface area contributed by atoms with Gasteiger partial charge in [-0.15, -0.1) is 11.6 Å². The number of rotatable bonds is 9. The molecule has 3 unspecified atom stereocenters. The number of pyridine rings is 1. The molecular weight excluding hydrogens is 1060 g/mol. The van der Waals surface area contributed by atoms with Crippen molar-refractivity contribution in [2.75, 3.05) is 21.9 Å². The molecule has 0 saturated carbocycles. The van der Waals surface area contributed by atoms with E-state index in [1.165, 1.54) is 0 Å². The molecule has 0 bridgehead atoms. The number of halogens is 6. The van der Waals surface area contributed by atoms with Gasteiger partial charge in [-0.3, -0.25) is 29.1 Å². The van der Waals surface area contributed by atoms with Gasteiger partial charge in [0, 0.05) is 18.5 Å². The number of carbonyl (C=O) groups is 5. The second-order valence-electron chi connectivity index (χ2n) is 12.9. The fourth-order valence-electron chi connectivity index (χ4n) is 5.84. The van der Waals surface area contributed by atoms with Crippen LogP contribution < -0.4 is 0 Å². The average Bonchev–Trinajstić information content (AvgIpc) is 4.16. The summed E-state index contributed by atoms with van der Waals surface area (Å²) in [5.41, 5.74) is 4.13. The van der Waals surface area contributed by atoms with Crippen molar-refractivity contribution in [3.05, 3.63) is 161 Å². The molecule has 3 atom stereocenters. The summed E-state index contributed by atoms with van der Waals surface area (Å²) < 4.78 is 6.78. The highest BCUT2D eigenvalue weighted by Crippen LogP contribution is 2.25. The third kappa shape index (κ3) is 12.4. The van der Waals surface area contributed by atoms with Gasteiger partial charge in [0.25, 0.3) is 0 Å². The number of allylic oxidation sites excluding steroid dienone is 6. The maximum atomic E-state index is 11.5. The molecule has 6 aliphatic heterocycles. The molecule has 0 saturated heterocycles. The lowest BCUT2D eigenvalue weighted by Crippen LogP contribution is -2.24. The molecule has 0 amide bonds. The molecule has 0 aliphatic carbocycles. The summed E-state index contributed by atoms with van der Waals surface area (Å²) in [6, 6.07) is 7.11. The molecular formula is C41H35Br3Cl3N10O5+3. The highest BCUT2D eigenvalue weighted by atomic mass is 79.9. The Kier molecular flexibility index (Phi) is 18.2. The highest BCUT2D eigenvalue weighted by Gasteiger charge is 2.36. The van der Waals surface area contributed by atoms with Crippen molar-refractivity contribution >= 4 is 117 Å². The predicted octanol–water partition coefficient (Wildman–Crippen LogP) is 8.80. The molecule has 6 aliphatic rings. The van der Waals surface area contributed by atoms with Gasteiger partial charge in [0.2, 0.25) is 30.5 Å². The molecule has 0 aromatic carbocycles. The first-order valence-corrected chi connectivity index (χ1v) is 22.9. The fraction of sp³-hybridized carbons (Fsp3) is 0.195. The molecule has 0 spiro atoms. The number of nitrogens with one attached hydrogen (secondary N) is 1. The van der Waals surface area contributed by atoms with Crippen LogP contribution in [0.1, 0.15) is 27.8 Å². The Balaban J connectivity index is 0.000000147. The van der Waals surface area contributed by atoms with E-state index in [4.69, 9.17) is 34.8 Å². The van der Waals surface area contributed by atoms with Crippen LogP contribution in [0, 0.1) is 0 Å². The van der Waals surface area contributed by atoms with Crippen LogP contribution in [-0.4, -0.2) is 103 Å². The van der Waals surface area contributed by atoms with E-state index in [9.17, 15) is 24.0 Å². The van der Waals surface area contributed by atoms with Crippen LogP contribution in [0.5, 0.6) is 0 Å². The Morgan fingerprint density at radius 2 is 1.31 bits per heavy atom. The minimum Gasteiger partial charge on any atom is -0.295 e. The zero-order chi connectivity index (χ0) is 44.8. The van der Waals surface area contributed by atoms with Crippen molar-refractivity contribution in [1.29, 1.82) is 0 Å². The van der Waals surface area contributed by atoms with E-state index in [1.54, 1.807) is 87.1 Å². The smallest absolute Gasteiger partial charge is 0.233 e. The fourth-order valence-corrected chi connectivity index (χ4v) is 7.26. The molecule has 3 aromatic rings. The first kappa shape index (κ1) is 48.1. The maximum Gasteiger partial charge on any atom is 0.233 e. The molecule has 9 heterocycles. The van der Waals surface area contributed by atoms with Crippen LogP contribution in [0.15, 0.2) is 165 Å². The van der Waals surface area contributed by atoms with Gasteiger partial charge in [0.05, 0.1) is 55.9 Å². The maximum absolute atomic E-state index is 11.5. The Hall–Kier alpha value is -4.98. The zero-order valence-electron chi connectivity index (χ0n) is 32.4. The van der Waals surface area contributed by atoms with Gasteiger partial charge in [-0.05, 0) is 70.8 Å². The van der Waals surface area contributed by atoms with E-state index in [0.717, 1.165) is 5.52 Å². The second-order valence-corrected chi connectivity index (χ2v) is 15.7. The number of Topliss-reactive ketones (excluding diaryl/α,β-unsaturated/α-hetero) is 5. The van der Waals surface area contributed by atoms with Gasteiger partial charge in [-0.1, -0.05) is 97.2 Å². The van der Waals surface area contributed by atoms with Gasteiger partial charge in [-0.25, -0.2) is 4.52 Å². The van der Waals surface area contributed by atoms with Crippen LogP contribution in [0.4, 0.5) is 0 Å². The van der Waals surface area contributed by atoms with E-state index >= 15 is 0 Å². The number of hydrogen-bond acceptors (Lipinski definition) is 10. The number of H-pyrrole nitrogens is 1. The number of alkyl halides is 4. The summed E-state index contributed by atoms with van der Waals surface area (Å²) >= 11 is 26.4. The normalized spacial score (nSPS) is 19.2. The summed E-state index contributed by atoms with van der Waals surface area (Å²) in [6.45, 7) is 1.54. The summed E-state index contributed by atoms with van der Waals surface area (Å²) in [7, 11) is 0. The Morgan fingerprint density at radius 3 is 1.89 bits per heavy atom. The lowest BCUT2D eigenvalue weighted by molar-refractivity contribution is -0.537. The molecule has 318 valence electrons. The number of ketones is 5. The van der Waals surface area contributed by atoms with Crippen molar-refractivity contribution in [2.45, 2.75) is 25.0 Å². The summed E-state index contributed by atoms with van der Waals surface area (Å²) in [4.78, 5) is 56.1. The quantitative estimate of drug-likeness (QED) is 0.126. The molecule has 62 heavy (non-hydrogen) atoms. The van der Waals surface area contributed by atoms with Crippen molar-refractivity contribution in [3.63, 3.8) is 0 Å². The number of fused-ring (bicyclic) bond motifs is 4. The number of hydrogen-bond donors (Lipinski definition) is 1. The van der Waals surface area contributed by atoms with Crippen molar-refractivity contribution < 1.29 is 38.1 Å². The average molecular weight is 1090 g/mol. The molecule has 3 aromatic heterocycles. The standard InChI is InChI=1S/C9H7BrClN2O.C9H7BrN2O.2C9H8ClN2O.C5H5BrN2O/c10-3-9(14)7-4-12-13-5-6(11)1-2-8(7)13;10-5-9(13)7-6-11-12-4-2-1-3-8(7)12;1-6(13)8-4-11-12-5-7(10)2-3-9(8)12;10-5-9(13)7-6-11-12-4-2-1-3-8(7)12;6-3-5(9)4-1-2-7-8-4/h1-2,4-5,8H,3H2;1-4,6H,5H2;2-5,9H,1H3;1-4,6,8H,5H2;1-2H,3H2,(H,7,8)/q+1;;2*+1;. The van der Waals surface area contributed by atoms with E-state index < -0.39 is 0 Å². The minimum absolute atomic E-state index is 0.0171. The minimum atomic E-state index is -0.0810. The first-order valence-electron chi connectivity index (χ1n) is 18.2. The van der Waals surface area contributed by atoms with E-state index in [-0.39, 0.29) is 52.9 Å². The summed E-state index contributed by atoms with van der Waals surface area (Å²) in [5.74, 6) is 0.139. The van der Waals surface area contributed by atoms with E-state index in [0.29, 0.717) is 54.0 Å². The monoisotopic (exact) mass is 1090 g/mol. The van der Waals surface area contributed by atoms with Crippen LogP contribution in [-0.2, 0) is 14.4 Å². The first-order chi connectivity index (χ1) is 29.9. The molecule has 15 nitrogen and oxygen atoms in total. The van der Waals surface area contributed by atoms with Gasteiger partial charge in [0.1, 0.15) is 34.4 Å². The number of carbonyl (C=O) groups excluding carboxylic acids is 5. The number of azo groups is 6. The third-order valence-corrected chi connectivity index (χ3v) is 11.1. The summed E-state index contributed by atoms with van der Waals surface area (Å²) in [5, 5.41) is 24.7. The highest BCUT2D eigenvalue weighted by molar-refractivity contribution is 9.09. The third-order valence-electron chi connectivity index (χ3n) is 8.90. The van der Waals surface area contributed by atoms with Gasteiger partial charge in [-0.2, -0.15) is 10.2 Å². The van der Waals surface area contributed by atoms with Gasteiger partial charge >= 0.3 is 0 Å². The predicted molar refractivity (Wildman–Crippen MR) is 243 cm³/mol. The summed E-state index contributed by atoms with van der Waals surface area (Å²) in [6.07, 6.45) is 28.0. The van der Waals surface area contributed by atoms with Crippen LogP contribution in [0.25, 0.3) is 5.52 Å². The lowest BCUT2D eigenvalue weighted by Gasteiger charge is -2.06. The van der Waals surface area contributed by atoms with Crippen molar-refractivity contribution in [2.24, 2.45) is 15.3 Å². The number of nitrogens with zero attached hydrogens (tertiary/aromatic N) is 9. The largest absolute Gasteiger partial charge is 0.295 e. The van der Waals surface area contributed by atoms with E-state index in [1.807, 2.05) is 61.0 Å². The molecule has 21 heteroatoms. The Morgan fingerprint density at radius 1 is 0.726 bits per heavy atom. The van der Waals surface area contributed by atoms with Crippen LogP contribution >= 0.6 is 82.6 Å². The molecule has 0 radical (unpaired) electrons. The van der Waals surface area contributed by atoms with Crippen LogP contribution in [0.2, 0.25) is 0 Å².